The lowest BCUT2D eigenvalue weighted by molar-refractivity contribution is 0.0252. The van der Waals surface area contributed by atoms with E-state index in [0.29, 0.717) is 35.7 Å². The first-order valence-electron chi connectivity index (χ1n) is 11.2. The Morgan fingerprint density at radius 3 is 2.71 bits per heavy atom. The lowest BCUT2D eigenvalue weighted by atomic mass is 9.93. The maximum atomic E-state index is 13.4. The van der Waals surface area contributed by atoms with Gasteiger partial charge < -0.3 is 18.5 Å². The Hall–Kier alpha value is -4.20. The van der Waals surface area contributed by atoms with Crippen LogP contribution >= 0.6 is 0 Å². The number of amides is 1. The SMILES string of the molecule is CCCN(Cc1nnc(-c2ccco2)o1)C(=O)c1ccc2c(c1)C[C@H](c1ccccc1)OC2=O. The highest BCUT2D eigenvalue weighted by Crippen LogP contribution is 2.31. The molecule has 0 fully saturated rings. The van der Waals surface area contributed by atoms with E-state index in [1.807, 2.05) is 37.3 Å². The van der Waals surface area contributed by atoms with Gasteiger partial charge in [0.05, 0.1) is 18.4 Å². The number of hydrogen-bond donors (Lipinski definition) is 0. The number of rotatable bonds is 7. The van der Waals surface area contributed by atoms with Crippen LogP contribution in [-0.2, 0) is 17.7 Å². The highest BCUT2D eigenvalue weighted by Gasteiger charge is 2.29. The molecule has 1 aliphatic heterocycles. The number of carbonyl (C=O) groups excluding carboxylic acids is 2. The first-order chi connectivity index (χ1) is 16.6. The van der Waals surface area contributed by atoms with E-state index in [2.05, 4.69) is 10.2 Å². The second-order valence-electron chi connectivity index (χ2n) is 8.09. The molecular formula is C26H23N3O5. The van der Waals surface area contributed by atoms with Gasteiger partial charge >= 0.3 is 5.97 Å². The fraction of sp³-hybridized carbons (Fsp3) is 0.231. The van der Waals surface area contributed by atoms with Crippen molar-refractivity contribution >= 4 is 11.9 Å². The van der Waals surface area contributed by atoms with E-state index in [1.165, 1.54) is 6.26 Å². The van der Waals surface area contributed by atoms with E-state index in [-0.39, 0.29) is 30.4 Å². The van der Waals surface area contributed by atoms with Crippen molar-refractivity contribution in [3.8, 4) is 11.7 Å². The van der Waals surface area contributed by atoms with E-state index in [4.69, 9.17) is 13.6 Å². The van der Waals surface area contributed by atoms with Crippen LogP contribution in [0.4, 0.5) is 0 Å². The summed E-state index contributed by atoms with van der Waals surface area (Å²) >= 11 is 0. The van der Waals surface area contributed by atoms with Crippen molar-refractivity contribution < 1.29 is 23.2 Å². The largest absolute Gasteiger partial charge is 0.459 e. The van der Waals surface area contributed by atoms with Crippen molar-refractivity contribution in [3.63, 3.8) is 0 Å². The van der Waals surface area contributed by atoms with Crippen molar-refractivity contribution in [3.05, 3.63) is 95.1 Å². The van der Waals surface area contributed by atoms with E-state index in [1.54, 1.807) is 35.2 Å². The van der Waals surface area contributed by atoms with Gasteiger partial charge in [-0.05, 0) is 47.9 Å². The lowest BCUT2D eigenvalue weighted by Gasteiger charge is -2.26. The number of carbonyl (C=O) groups is 2. The fourth-order valence-corrected chi connectivity index (χ4v) is 4.07. The fourth-order valence-electron chi connectivity index (χ4n) is 4.07. The molecule has 0 saturated carbocycles. The summed E-state index contributed by atoms with van der Waals surface area (Å²) in [5, 5.41) is 8.07. The first-order valence-corrected chi connectivity index (χ1v) is 11.2. The molecule has 5 rings (SSSR count). The summed E-state index contributed by atoms with van der Waals surface area (Å²) in [7, 11) is 0. The normalized spacial score (nSPS) is 15.0. The molecule has 0 saturated heterocycles. The number of benzene rings is 2. The Morgan fingerprint density at radius 1 is 1.09 bits per heavy atom. The van der Waals surface area contributed by atoms with Gasteiger partial charge in [-0.2, -0.15) is 0 Å². The number of hydrogen-bond acceptors (Lipinski definition) is 7. The monoisotopic (exact) mass is 457 g/mol. The zero-order valence-corrected chi connectivity index (χ0v) is 18.6. The molecule has 172 valence electrons. The van der Waals surface area contributed by atoms with Gasteiger partial charge in [-0.3, -0.25) is 4.79 Å². The van der Waals surface area contributed by atoms with Crippen LogP contribution < -0.4 is 0 Å². The van der Waals surface area contributed by atoms with Gasteiger partial charge in [0.25, 0.3) is 11.8 Å². The van der Waals surface area contributed by atoms with Crippen molar-refractivity contribution in [2.24, 2.45) is 0 Å². The Bertz CT molecular complexity index is 1300. The van der Waals surface area contributed by atoms with Crippen LogP contribution in [0.3, 0.4) is 0 Å². The molecule has 8 nitrogen and oxygen atoms in total. The Balaban J connectivity index is 1.37. The Morgan fingerprint density at radius 2 is 1.94 bits per heavy atom. The smallest absolute Gasteiger partial charge is 0.339 e. The third kappa shape index (κ3) is 4.34. The van der Waals surface area contributed by atoms with Crippen molar-refractivity contribution in [1.82, 2.24) is 15.1 Å². The highest BCUT2D eigenvalue weighted by molar-refractivity contribution is 5.97. The maximum Gasteiger partial charge on any atom is 0.339 e. The topological polar surface area (TPSA) is 98.7 Å². The molecule has 1 atom stereocenters. The molecule has 2 aromatic heterocycles. The summed E-state index contributed by atoms with van der Waals surface area (Å²) in [6, 6.07) is 18.2. The van der Waals surface area contributed by atoms with Crippen LogP contribution in [0.15, 0.2) is 75.8 Å². The molecule has 1 aliphatic rings. The third-order valence-electron chi connectivity index (χ3n) is 5.70. The molecule has 0 spiro atoms. The molecule has 2 aromatic carbocycles. The molecule has 0 radical (unpaired) electrons. The highest BCUT2D eigenvalue weighted by atomic mass is 16.5. The van der Waals surface area contributed by atoms with Crippen LogP contribution in [0.1, 0.15) is 57.2 Å². The average Bonchev–Trinajstić information content (AvgIpc) is 3.56. The second-order valence-corrected chi connectivity index (χ2v) is 8.09. The first kappa shape index (κ1) is 21.6. The number of nitrogens with zero attached hydrogens (tertiary/aromatic N) is 3. The summed E-state index contributed by atoms with van der Waals surface area (Å²) < 4.78 is 16.6. The van der Waals surface area contributed by atoms with Gasteiger partial charge in [0.2, 0.25) is 5.89 Å². The van der Waals surface area contributed by atoms with E-state index >= 15 is 0 Å². The summed E-state index contributed by atoms with van der Waals surface area (Å²) in [6.45, 7) is 2.69. The summed E-state index contributed by atoms with van der Waals surface area (Å²) in [6.07, 6.45) is 2.42. The third-order valence-corrected chi connectivity index (χ3v) is 5.70. The zero-order valence-electron chi connectivity index (χ0n) is 18.6. The number of furan rings is 1. The van der Waals surface area contributed by atoms with Crippen LogP contribution in [0.2, 0.25) is 0 Å². The standard InChI is InChI=1S/C26H23N3O5/c1-2-12-29(16-23-27-28-24(34-23)21-9-6-13-32-21)25(30)18-10-11-20-19(14-18)15-22(33-26(20)31)17-7-4-3-5-8-17/h3-11,13-14,22H,2,12,15-16H2,1H3/t22-/m1/s1. The van der Waals surface area contributed by atoms with Crippen LogP contribution in [0.5, 0.6) is 0 Å². The summed E-state index contributed by atoms with van der Waals surface area (Å²) in [5.74, 6) is 0.511. The van der Waals surface area contributed by atoms with E-state index in [0.717, 1.165) is 17.5 Å². The van der Waals surface area contributed by atoms with Gasteiger partial charge in [0, 0.05) is 18.5 Å². The van der Waals surface area contributed by atoms with Crippen molar-refractivity contribution in [1.29, 1.82) is 0 Å². The predicted molar refractivity (Wildman–Crippen MR) is 122 cm³/mol. The van der Waals surface area contributed by atoms with Crippen molar-refractivity contribution in [2.75, 3.05) is 6.54 Å². The van der Waals surface area contributed by atoms with Gasteiger partial charge in [-0.1, -0.05) is 37.3 Å². The molecule has 34 heavy (non-hydrogen) atoms. The molecule has 8 heteroatoms. The Kier molecular flexibility index (Phi) is 5.95. The van der Waals surface area contributed by atoms with Gasteiger partial charge in [-0.15, -0.1) is 10.2 Å². The van der Waals surface area contributed by atoms with Crippen LogP contribution in [0.25, 0.3) is 11.7 Å². The molecule has 3 heterocycles. The van der Waals surface area contributed by atoms with Crippen LogP contribution in [0, 0.1) is 0 Å². The molecule has 4 aromatic rings. The number of esters is 1. The number of cyclic esters (lactones) is 1. The summed E-state index contributed by atoms with van der Waals surface area (Å²) in [4.78, 5) is 27.6. The molecule has 0 bridgehead atoms. The van der Waals surface area contributed by atoms with Crippen LogP contribution in [-0.4, -0.2) is 33.5 Å². The molecule has 0 N–H and O–H groups in total. The predicted octanol–water partition coefficient (Wildman–Crippen LogP) is 4.84. The van der Waals surface area contributed by atoms with Gasteiger partial charge in [0.15, 0.2) is 5.76 Å². The maximum absolute atomic E-state index is 13.4. The molecule has 1 amide bonds. The molecular weight excluding hydrogens is 434 g/mol. The molecule has 0 aliphatic carbocycles. The Labute approximate surface area is 196 Å². The zero-order chi connectivity index (χ0) is 23.5. The summed E-state index contributed by atoms with van der Waals surface area (Å²) in [5.41, 5.74) is 2.71. The number of ether oxygens (including phenoxy) is 1. The minimum absolute atomic E-state index is 0.169. The van der Waals surface area contributed by atoms with Gasteiger partial charge in [0.1, 0.15) is 6.10 Å². The minimum atomic E-state index is -0.379. The lowest BCUT2D eigenvalue weighted by Crippen LogP contribution is -2.32. The van der Waals surface area contributed by atoms with Gasteiger partial charge in [-0.25, -0.2) is 4.79 Å². The quantitative estimate of drug-likeness (QED) is 0.366. The minimum Gasteiger partial charge on any atom is -0.459 e. The second kappa shape index (κ2) is 9.35. The van der Waals surface area contributed by atoms with Crippen molar-refractivity contribution in [2.45, 2.75) is 32.4 Å². The van der Waals surface area contributed by atoms with E-state index < -0.39 is 0 Å². The molecule has 0 unspecified atom stereocenters. The van der Waals surface area contributed by atoms with E-state index in [9.17, 15) is 9.59 Å². The number of aromatic nitrogens is 2. The number of fused-ring (bicyclic) bond motifs is 1. The average molecular weight is 457 g/mol.